The molecule has 1 atom stereocenters. The minimum atomic E-state index is -0.222. The fourth-order valence-corrected chi connectivity index (χ4v) is 5.38. The quantitative estimate of drug-likeness (QED) is 0.433. The van der Waals surface area contributed by atoms with Crippen LogP contribution < -0.4 is 9.47 Å². The van der Waals surface area contributed by atoms with Gasteiger partial charge in [0.25, 0.3) is 0 Å². The van der Waals surface area contributed by atoms with Gasteiger partial charge in [0.1, 0.15) is 13.2 Å². The molecule has 35 heavy (non-hydrogen) atoms. The highest BCUT2D eigenvalue weighted by Gasteiger charge is 2.34. The largest absolute Gasteiger partial charge is 0.493 e. The molecule has 0 N–H and O–H groups in total. The molecule has 2 heterocycles. The Balaban J connectivity index is 1.50. The molecule has 0 aliphatic carbocycles. The number of rotatable bonds is 9. The van der Waals surface area contributed by atoms with Crippen molar-refractivity contribution in [2.24, 2.45) is 0 Å². The third-order valence-electron chi connectivity index (χ3n) is 6.33. The van der Waals surface area contributed by atoms with Crippen LogP contribution in [0.1, 0.15) is 35.9 Å². The van der Waals surface area contributed by atoms with E-state index in [-0.39, 0.29) is 36.9 Å². The van der Waals surface area contributed by atoms with Gasteiger partial charge in [-0.25, -0.2) is 0 Å². The van der Waals surface area contributed by atoms with E-state index in [0.29, 0.717) is 24.7 Å². The van der Waals surface area contributed by atoms with Crippen molar-refractivity contribution in [1.82, 2.24) is 9.80 Å². The van der Waals surface area contributed by atoms with Crippen molar-refractivity contribution in [2.75, 3.05) is 26.8 Å². The van der Waals surface area contributed by atoms with E-state index in [9.17, 15) is 9.59 Å². The maximum absolute atomic E-state index is 13.6. The molecule has 0 saturated heterocycles. The van der Waals surface area contributed by atoms with Gasteiger partial charge in [0, 0.05) is 17.5 Å². The van der Waals surface area contributed by atoms with Gasteiger partial charge in [-0.05, 0) is 55.0 Å². The Hall–Kier alpha value is -3.32. The predicted octanol–water partition coefficient (Wildman–Crippen LogP) is 4.74. The molecular formula is C28H32N2O4S. The topological polar surface area (TPSA) is 59.1 Å². The van der Waals surface area contributed by atoms with E-state index in [2.05, 4.69) is 11.4 Å². The third kappa shape index (κ3) is 5.85. The lowest BCUT2D eigenvalue weighted by Gasteiger charge is -2.37. The third-order valence-corrected chi connectivity index (χ3v) is 7.32. The van der Waals surface area contributed by atoms with Crippen molar-refractivity contribution in [3.8, 4) is 11.5 Å². The number of thiophene rings is 1. The number of nitrogens with zero attached hydrogens (tertiary/aromatic N) is 2. The average Bonchev–Trinajstić information content (AvgIpc) is 3.35. The fraction of sp³-hybridized carbons (Fsp3) is 0.357. The minimum Gasteiger partial charge on any atom is -0.493 e. The van der Waals surface area contributed by atoms with Crippen LogP contribution in [0.15, 0.2) is 66.0 Å². The second-order valence-corrected chi connectivity index (χ2v) is 9.89. The first-order valence-corrected chi connectivity index (χ1v) is 12.8. The molecule has 6 nitrogen and oxygen atoms in total. The number of benzene rings is 2. The van der Waals surface area contributed by atoms with Gasteiger partial charge in [0.05, 0.1) is 19.6 Å². The monoisotopic (exact) mass is 492 g/mol. The van der Waals surface area contributed by atoms with Gasteiger partial charge in [-0.15, -0.1) is 11.3 Å². The number of hydrogen-bond acceptors (Lipinski definition) is 5. The molecule has 2 amide bonds. The normalized spacial score (nSPS) is 15.0. The van der Waals surface area contributed by atoms with E-state index in [1.54, 1.807) is 23.3 Å². The first kappa shape index (κ1) is 24.8. The van der Waals surface area contributed by atoms with E-state index in [1.165, 1.54) is 4.88 Å². The molecule has 0 radical (unpaired) electrons. The van der Waals surface area contributed by atoms with Gasteiger partial charge in [0.15, 0.2) is 11.5 Å². The summed E-state index contributed by atoms with van der Waals surface area (Å²) in [5.74, 6) is 1.19. The molecular weight excluding hydrogens is 460 g/mol. The summed E-state index contributed by atoms with van der Waals surface area (Å²) in [7, 11) is 1.61. The summed E-state index contributed by atoms with van der Waals surface area (Å²) >= 11 is 1.71. The molecule has 7 heteroatoms. The van der Waals surface area contributed by atoms with Crippen molar-refractivity contribution in [3.63, 3.8) is 0 Å². The lowest BCUT2D eigenvalue weighted by molar-refractivity contribution is -0.143. The lowest BCUT2D eigenvalue weighted by atomic mass is 10.00. The summed E-state index contributed by atoms with van der Waals surface area (Å²) in [5, 5.41) is 2.07. The Labute approximate surface area is 211 Å². The molecule has 0 bridgehead atoms. The first-order valence-electron chi connectivity index (χ1n) is 11.9. The summed E-state index contributed by atoms with van der Waals surface area (Å²) in [5.41, 5.74) is 2.07. The molecule has 0 unspecified atom stereocenters. The smallest absolute Gasteiger partial charge is 0.242 e. The SMILES string of the molecule is COc1ccccc1OC[C@@H]1c2ccsc2CCN1C(=O)CN(C(=O)Cc1ccccc1)C(C)C. The molecule has 1 aliphatic heterocycles. The Morgan fingerprint density at radius 1 is 1.06 bits per heavy atom. The zero-order valence-corrected chi connectivity index (χ0v) is 21.3. The molecule has 0 spiro atoms. The van der Waals surface area contributed by atoms with Crippen LogP contribution in [0.2, 0.25) is 0 Å². The number of carbonyl (C=O) groups is 2. The number of hydrogen-bond donors (Lipinski definition) is 0. The van der Waals surface area contributed by atoms with E-state index in [4.69, 9.17) is 9.47 Å². The minimum absolute atomic E-state index is 0.0467. The maximum Gasteiger partial charge on any atom is 0.242 e. The van der Waals surface area contributed by atoms with Crippen molar-refractivity contribution in [3.05, 3.63) is 82.0 Å². The summed E-state index contributed by atoms with van der Waals surface area (Å²) in [6, 6.07) is 18.9. The molecule has 2 aromatic carbocycles. The Morgan fingerprint density at radius 3 is 2.49 bits per heavy atom. The van der Waals surface area contributed by atoms with E-state index < -0.39 is 0 Å². The van der Waals surface area contributed by atoms with Gasteiger partial charge in [0.2, 0.25) is 11.8 Å². The van der Waals surface area contributed by atoms with E-state index in [1.807, 2.05) is 73.3 Å². The Morgan fingerprint density at radius 2 is 1.77 bits per heavy atom. The van der Waals surface area contributed by atoms with Crippen LogP contribution in [0.4, 0.5) is 0 Å². The van der Waals surface area contributed by atoms with Gasteiger partial charge < -0.3 is 19.3 Å². The summed E-state index contributed by atoms with van der Waals surface area (Å²) < 4.78 is 11.6. The lowest BCUT2D eigenvalue weighted by Crippen LogP contribution is -2.49. The van der Waals surface area contributed by atoms with Crippen LogP contribution in [0, 0.1) is 0 Å². The highest BCUT2D eigenvalue weighted by atomic mass is 32.1. The van der Waals surface area contributed by atoms with Crippen molar-refractivity contribution in [1.29, 1.82) is 0 Å². The predicted molar refractivity (Wildman–Crippen MR) is 138 cm³/mol. The standard InChI is InChI=1S/C28H32N2O4S/c1-20(2)30(27(31)17-21-9-5-4-6-10-21)18-28(32)29-15-13-26-22(14-16-35-26)23(29)19-34-25-12-8-7-11-24(25)33-3/h4-12,14,16,20,23H,13,15,17-19H2,1-3H3/t23-/m1/s1. The van der Waals surface area contributed by atoms with Crippen LogP contribution in [-0.4, -0.2) is 54.5 Å². The summed E-state index contributed by atoms with van der Waals surface area (Å²) in [6.45, 7) is 4.87. The Bertz CT molecular complexity index is 1140. The highest BCUT2D eigenvalue weighted by molar-refractivity contribution is 7.10. The van der Waals surface area contributed by atoms with Crippen molar-refractivity contribution in [2.45, 2.75) is 38.8 Å². The average molecular weight is 493 g/mol. The van der Waals surface area contributed by atoms with Crippen molar-refractivity contribution >= 4 is 23.2 Å². The van der Waals surface area contributed by atoms with Crippen LogP contribution in [0.25, 0.3) is 0 Å². The van der Waals surface area contributed by atoms with E-state index in [0.717, 1.165) is 17.5 Å². The number of amides is 2. The molecule has 0 saturated carbocycles. The van der Waals surface area contributed by atoms with Gasteiger partial charge in [-0.2, -0.15) is 0 Å². The number of methoxy groups -OCH3 is 1. The number of fused-ring (bicyclic) bond motifs is 1. The fourth-order valence-electron chi connectivity index (χ4n) is 4.45. The van der Waals surface area contributed by atoms with E-state index >= 15 is 0 Å². The van der Waals surface area contributed by atoms with Crippen LogP contribution in [0.5, 0.6) is 11.5 Å². The molecule has 4 rings (SSSR count). The summed E-state index contributed by atoms with van der Waals surface area (Å²) in [4.78, 5) is 31.5. The molecule has 0 fully saturated rings. The Kier molecular flexibility index (Phi) is 8.08. The number of para-hydroxylation sites is 2. The van der Waals surface area contributed by atoms with Crippen LogP contribution in [0.3, 0.4) is 0 Å². The van der Waals surface area contributed by atoms with Crippen LogP contribution in [-0.2, 0) is 22.4 Å². The van der Waals surface area contributed by atoms with Gasteiger partial charge in [-0.1, -0.05) is 42.5 Å². The highest BCUT2D eigenvalue weighted by Crippen LogP contribution is 2.35. The van der Waals surface area contributed by atoms with Gasteiger partial charge in [-0.3, -0.25) is 9.59 Å². The van der Waals surface area contributed by atoms with Crippen molar-refractivity contribution < 1.29 is 19.1 Å². The van der Waals surface area contributed by atoms with Crippen LogP contribution >= 0.6 is 11.3 Å². The molecule has 1 aromatic heterocycles. The second kappa shape index (κ2) is 11.4. The van der Waals surface area contributed by atoms with Gasteiger partial charge >= 0.3 is 0 Å². The summed E-state index contributed by atoms with van der Waals surface area (Å²) in [6.07, 6.45) is 1.09. The number of carbonyl (C=O) groups excluding carboxylic acids is 2. The first-order chi connectivity index (χ1) is 17.0. The second-order valence-electron chi connectivity index (χ2n) is 8.89. The molecule has 1 aliphatic rings. The number of ether oxygens (including phenoxy) is 2. The zero-order valence-electron chi connectivity index (χ0n) is 20.5. The zero-order chi connectivity index (χ0) is 24.8. The molecule has 3 aromatic rings. The maximum atomic E-state index is 13.6. The molecule has 184 valence electrons.